The summed E-state index contributed by atoms with van der Waals surface area (Å²) in [5.74, 6) is -0.321. The highest BCUT2D eigenvalue weighted by Gasteiger charge is 2.22. The minimum Gasteiger partial charge on any atom is -0.335 e. The lowest BCUT2D eigenvalue weighted by Crippen LogP contribution is -3.12. The van der Waals surface area contributed by atoms with E-state index < -0.39 is 10.0 Å². The maximum absolute atomic E-state index is 12.8. The van der Waals surface area contributed by atoms with E-state index in [2.05, 4.69) is 17.2 Å². The van der Waals surface area contributed by atoms with Gasteiger partial charge in [0.1, 0.15) is 0 Å². The van der Waals surface area contributed by atoms with Gasteiger partial charge in [0, 0.05) is 10.6 Å². The van der Waals surface area contributed by atoms with E-state index in [4.69, 9.17) is 11.6 Å². The first-order valence-corrected chi connectivity index (χ1v) is 10.9. The fraction of sp³-hybridized carbons (Fsp3) is 0.316. The minimum atomic E-state index is -3.86. The number of carbonyl (C=O) groups excluding carboxylic acids is 1. The quantitative estimate of drug-likeness (QED) is 0.668. The summed E-state index contributed by atoms with van der Waals surface area (Å²) >= 11 is 5.93. The van der Waals surface area contributed by atoms with Crippen molar-refractivity contribution in [3.63, 3.8) is 0 Å². The van der Waals surface area contributed by atoms with E-state index >= 15 is 0 Å². The van der Waals surface area contributed by atoms with Gasteiger partial charge in [0.2, 0.25) is 0 Å². The molecule has 0 atom stereocenters. The molecular weight excluding hydrogens is 400 g/mol. The van der Waals surface area contributed by atoms with Gasteiger partial charge in [-0.05, 0) is 42.8 Å². The largest absolute Gasteiger partial charge is 0.335 e. The molecule has 1 saturated heterocycles. The number of aryl methyl sites for hydroxylation is 1. The first kappa shape index (κ1) is 20.6. The highest BCUT2D eigenvalue weighted by atomic mass is 35.5. The number of nitrogens with zero attached hydrogens (tertiary/aromatic N) is 1. The first-order valence-electron chi connectivity index (χ1n) is 9.01. The number of carbonyl (C=O) groups is 1. The van der Waals surface area contributed by atoms with Gasteiger partial charge in [-0.15, -0.1) is 0 Å². The Balaban J connectivity index is 1.79. The summed E-state index contributed by atoms with van der Waals surface area (Å²) in [4.78, 5) is 14.1. The molecule has 1 amide bonds. The van der Waals surface area contributed by atoms with Crippen LogP contribution in [0.1, 0.15) is 15.9 Å². The number of halogens is 1. The average Bonchev–Trinajstić information content (AvgIpc) is 2.63. The minimum absolute atomic E-state index is 0.0583. The average molecular weight is 424 g/mol. The Morgan fingerprint density at radius 3 is 2.54 bits per heavy atom. The van der Waals surface area contributed by atoms with Gasteiger partial charge in [0.05, 0.1) is 43.8 Å². The topological polar surface area (TPSA) is 83.0 Å². The Labute approximate surface area is 170 Å². The summed E-state index contributed by atoms with van der Waals surface area (Å²) in [6.45, 7) is 5.09. The number of amides is 1. The number of likely N-dealkylation sites (N-methyl/N-ethyl adjacent to an activating group) is 1. The van der Waals surface area contributed by atoms with E-state index in [-0.39, 0.29) is 10.8 Å². The van der Waals surface area contributed by atoms with E-state index in [0.717, 1.165) is 26.2 Å². The normalized spacial score (nSPS) is 16.0. The van der Waals surface area contributed by atoms with E-state index in [1.54, 1.807) is 37.3 Å². The van der Waals surface area contributed by atoms with Crippen molar-refractivity contribution in [2.24, 2.45) is 0 Å². The van der Waals surface area contributed by atoms with Crippen LogP contribution in [0.15, 0.2) is 47.4 Å². The molecule has 0 saturated carbocycles. The number of anilines is 1. The van der Waals surface area contributed by atoms with Gasteiger partial charge in [-0.3, -0.25) is 14.9 Å². The van der Waals surface area contributed by atoms with Crippen LogP contribution in [0, 0.1) is 6.92 Å². The molecule has 0 aromatic heterocycles. The van der Waals surface area contributed by atoms with Crippen LogP contribution in [0.4, 0.5) is 5.69 Å². The molecule has 0 unspecified atom stereocenters. The second-order valence-corrected chi connectivity index (χ2v) is 9.07. The monoisotopic (exact) mass is 423 g/mol. The molecule has 9 heteroatoms. The van der Waals surface area contributed by atoms with Crippen molar-refractivity contribution in [3.05, 3.63) is 58.6 Å². The van der Waals surface area contributed by atoms with Gasteiger partial charge in [0.25, 0.3) is 15.9 Å². The molecule has 3 rings (SSSR count). The second-order valence-electron chi connectivity index (χ2n) is 6.98. The fourth-order valence-corrected chi connectivity index (χ4v) is 4.51. The van der Waals surface area contributed by atoms with Crippen molar-refractivity contribution in [3.8, 4) is 0 Å². The van der Waals surface area contributed by atoms with Crippen molar-refractivity contribution in [1.82, 2.24) is 10.4 Å². The molecule has 150 valence electrons. The van der Waals surface area contributed by atoms with Crippen LogP contribution in [-0.2, 0) is 10.0 Å². The number of benzene rings is 2. The maximum atomic E-state index is 12.8. The van der Waals surface area contributed by atoms with Crippen LogP contribution in [0.5, 0.6) is 0 Å². The van der Waals surface area contributed by atoms with Gasteiger partial charge < -0.3 is 4.90 Å². The number of rotatable bonds is 5. The van der Waals surface area contributed by atoms with Crippen molar-refractivity contribution < 1.29 is 18.1 Å². The van der Waals surface area contributed by atoms with Crippen LogP contribution < -0.4 is 15.0 Å². The summed E-state index contributed by atoms with van der Waals surface area (Å²) in [5.41, 5.74) is 4.07. The molecule has 1 aliphatic heterocycles. The molecular formula is C19H24ClN4O3S+. The zero-order valence-electron chi connectivity index (χ0n) is 15.8. The molecule has 2 aromatic carbocycles. The summed E-state index contributed by atoms with van der Waals surface area (Å²) in [6.07, 6.45) is 0. The Hall–Kier alpha value is -2.13. The van der Waals surface area contributed by atoms with Gasteiger partial charge in [-0.25, -0.2) is 13.4 Å². The summed E-state index contributed by atoms with van der Waals surface area (Å²) < 4.78 is 28.2. The second kappa shape index (κ2) is 8.48. The number of nitrogens with one attached hydrogen (secondary N) is 3. The molecule has 3 N–H and O–H groups in total. The van der Waals surface area contributed by atoms with E-state index in [0.29, 0.717) is 21.8 Å². The number of hydrogen-bond acceptors (Lipinski definition) is 4. The summed E-state index contributed by atoms with van der Waals surface area (Å²) in [6, 6.07) is 11.1. The van der Waals surface area contributed by atoms with Crippen LogP contribution in [-0.4, -0.2) is 52.6 Å². The molecule has 0 bridgehead atoms. The molecule has 0 aliphatic carbocycles. The number of hydrogen-bond donors (Lipinski definition) is 3. The lowest BCUT2D eigenvalue weighted by molar-refractivity contribution is -0.884. The van der Waals surface area contributed by atoms with Crippen LogP contribution in [0.3, 0.4) is 0 Å². The van der Waals surface area contributed by atoms with Gasteiger partial charge in [-0.1, -0.05) is 23.7 Å². The maximum Gasteiger partial charge on any atom is 0.265 e. The molecule has 7 nitrogen and oxygen atoms in total. The number of quaternary nitrogens is 1. The zero-order chi connectivity index (χ0) is 20.3. The number of piperazine rings is 1. The Kier molecular flexibility index (Phi) is 6.24. The smallest absolute Gasteiger partial charge is 0.265 e. The van der Waals surface area contributed by atoms with Crippen molar-refractivity contribution in [2.75, 3.05) is 37.9 Å². The Bertz CT molecular complexity index is 973. The Morgan fingerprint density at radius 1 is 1.14 bits per heavy atom. The highest BCUT2D eigenvalue weighted by Crippen LogP contribution is 2.22. The lowest BCUT2D eigenvalue weighted by atomic mass is 10.1. The molecule has 2 aromatic rings. The fourth-order valence-electron chi connectivity index (χ4n) is 3.00. The van der Waals surface area contributed by atoms with E-state index in [1.165, 1.54) is 17.0 Å². The van der Waals surface area contributed by atoms with Crippen LogP contribution in [0.2, 0.25) is 5.02 Å². The van der Waals surface area contributed by atoms with Crippen LogP contribution >= 0.6 is 11.6 Å². The third kappa shape index (κ3) is 5.02. The summed E-state index contributed by atoms with van der Waals surface area (Å²) in [7, 11) is -1.75. The lowest BCUT2D eigenvalue weighted by Gasteiger charge is -2.30. The van der Waals surface area contributed by atoms with Gasteiger partial charge in [0.15, 0.2) is 0 Å². The first-order chi connectivity index (χ1) is 13.2. The molecule has 0 spiro atoms. The molecule has 28 heavy (non-hydrogen) atoms. The van der Waals surface area contributed by atoms with E-state index in [1.807, 2.05) is 5.01 Å². The third-order valence-corrected chi connectivity index (χ3v) is 6.45. The van der Waals surface area contributed by atoms with E-state index in [9.17, 15) is 13.2 Å². The Morgan fingerprint density at radius 2 is 1.86 bits per heavy atom. The summed E-state index contributed by atoms with van der Waals surface area (Å²) in [5, 5.41) is 2.30. The van der Waals surface area contributed by atoms with Crippen molar-refractivity contribution >= 4 is 33.2 Å². The molecule has 1 aliphatic rings. The predicted octanol–water partition coefficient (Wildman–Crippen LogP) is 0.924. The van der Waals surface area contributed by atoms with Crippen molar-refractivity contribution in [2.45, 2.75) is 11.8 Å². The SMILES string of the molecule is Cc1ccc(C(=O)NN2CC[NH+](C)CC2)cc1S(=O)(=O)Nc1cccc(Cl)c1. The zero-order valence-corrected chi connectivity index (χ0v) is 17.4. The molecule has 1 heterocycles. The predicted molar refractivity (Wildman–Crippen MR) is 109 cm³/mol. The van der Waals surface area contributed by atoms with Crippen molar-refractivity contribution in [1.29, 1.82) is 0 Å². The molecule has 1 fully saturated rings. The van der Waals surface area contributed by atoms with Gasteiger partial charge >= 0.3 is 0 Å². The highest BCUT2D eigenvalue weighted by molar-refractivity contribution is 7.92. The third-order valence-electron chi connectivity index (χ3n) is 4.69. The number of sulfonamides is 1. The van der Waals surface area contributed by atoms with Gasteiger partial charge in [-0.2, -0.15) is 0 Å². The number of hydrazine groups is 1. The standard InChI is InChI=1S/C19H23ClN4O3S/c1-14-6-7-15(19(25)21-24-10-8-23(2)9-11-24)12-18(14)28(26,27)22-17-5-3-4-16(20)13-17/h3-7,12-13,22H,8-11H2,1-2H3,(H,21,25)/p+1. The van der Waals surface area contributed by atoms with Crippen LogP contribution in [0.25, 0.3) is 0 Å². The molecule has 0 radical (unpaired) electrons.